The molecular formula is C12H20N2O. The molecule has 15 heavy (non-hydrogen) atoms. The molecule has 0 amide bonds. The van der Waals surface area contributed by atoms with E-state index in [0.29, 0.717) is 0 Å². The van der Waals surface area contributed by atoms with Gasteiger partial charge in [0.2, 0.25) is 0 Å². The van der Waals surface area contributed by atoms with Gasteiger partial charge in [-0.3, -0.25) is 0 Å². The zero-order valence-electron chi connectivity index (χ0n) is 9.22. The van der Waals surface area contributed by atoms with Gasteiger partial charge in [-0.15, -0.1) is 0 Å². The maximum absolute atomic E-state index is 7.83. The molecule has 0 bridgehead atoms. The van der Waals surface area contributed by atoms with Crippen LogP contribution in [0.1, 0.15) is 51.4 Å². The Morgan fingerprint density at radius 2 is 1.27 bits per heavy atom. The number of ether oxygens (including phenoxy) is 1. The molecule has 0 saturated heterocycles. The van der Waals surface area contributed by atoms with Crippen molar-refractivity contribution in [2.45, 2.75) is 63.6 Å². The number of nitrogens with one attached hydrogen (secondary N) is 2. The van der Waals surface area contributed by atoms with Crippen molar-refractivity contribution in [2.24, 2.45) is 0 Å². The molecule has 2 aliphatic rings. The van der Waals surface area contributed by atoms with E-state index in [0.717, 1.165) is 49.9 Å². The topological polar surface area (TPSA) is 56.9 Å². The second-order valence-electron chi connectivity index (χ2n) is 4.66. The molecule has 84 valence electrons. The summed E-state index contributed by atoms with van der Waals surface area (Å²) in [5.74, 6) is 0. The van der Waals surface area contributed by atoms with Gasteiger partial charge in [0.1, 0.15) is 0 Å². The summed E-state index contributed by atoms with van der Waals surface area (Å²) in [4.78, 5) is 0. The van der Waals surface area contributed by atoms with Gasteiger partial charge in [-0.25, -0.2) is 0 Å². The van der Waals surface area contributed by atoms with Gasteiger partial charge in [0.25, 0.3) is 0 Å². The smallest absolute Gasteiger partial charge is 0.0957 e. The average molecular weight is 208 g/mol. The van der Waals surface area contributed by atoms with Crippen molar-refractivity contribution in [3.8, 4) is 0 Å². The van der Waals surface area contributed by atoms with E-state index < -0.39 is 0 Å². The Balaban J connectivity index is 1.89. The van der Waals surface area contributed by atoms with Crippen molar-refractivity contribution in [3.05, 3.63) is 0 Å². The molecule has 2 atom stereocenters. The van der Waals surface area contributed by atoms with Crippen molar-refractivity contribution < 1.29 is 4.74 Å². The fourth-order valence-electron chi connectivity index (χ4n) is 2.46. The fourth-order valence-corrected chi connectivity index (χ4v) is 2.46. The molecule has 0 aromatic rings. The molecule has 0 spiro atoms. The Labute approximate surface area is 91.2 Å². The third-order valence-corrected chi connectivity index (χ3v) is 3.43. The van der Waals surface area contributed by atoms with E-state index in [1.807, 2.05) is 0 Å². The van der Waals surface area contributed by atoms with Gasteiger partial charge >= 0.3 is 0 Å². The first kappa shape index (κ1) is 10.8. The Morgan fingerprint density at radius 3 is 1.67 bits per heavy atom. The minimum atomic E-state index is 0.0159. The van der Waals surface area contributed by atoms with Gasteiger partial charge in [-0.1, -0.05) is 12.8 Å². The first-order chi connectivity index (χ1) is 7.27. The molecule has 0 radical (unpaired) electrons. The lowest BCUT2D eigenvalue weighted by atomic mass is 9.93. The molecule has 3 nitrogen and oxygen atoms in total. The Bertz CT molecular complexity index is 236. The lowest BCUT2D eigenvalue weighted by molar-refractivity contribution is 0.0412. The van der Waals surface area contributed by atoms with E-state index >= 15 is 0 Å². The van der Waals surface area contributed by atoms with E-state index in [4.69, 9.17) is 15.6 Å². The average Bonchev–Trinajstić information content (AvgIpc) is 2.24. The standard InChI is InChI=1S/C12H20N2O/c13-9-5-1-3-7-11(9)15-12-8-4-2-6-10(12)14/h11-14H,1-8H2. The maximum Gasteiger partial charge on any atom is 0.0957 e. The molecule has 3 heteroatoms. The molecule has 2 rings (SSSR count). The predicted octanol–water partition coefficient (Wildman–Crippen LogP) is 2.93. The van der Waals surface area contributed by atoms with E-state index in [1.54, 1.807) is 0 Å². The minimum absolute atomic E-state index is 0.0159. The lowest BCUT2D eigenvalue weighted by Gasteiger charge is -2.30. The van der Waals surface area contributed by atoms with Gasteiger partial charge in [0, 0.05) is 11.4 Å². The number of hydrogen-bond donors (Lipinski definition) is 2. The second kappa shape index (κ2) is 4.88. The van der Waals surface area contributed by atoms with Crippen LogP contribution < -0.4 is 0 Å². The zero-order chi connectivity index (χ0) is 10.7. The van der Waals surface area contributed by atoms with Crippen molar-refractivity contribution >= 4 is 11.4 Å². The Kier molecular flexibility index (Phi) is 3.52. The van der Waals surface area contributed by atoms with Crippen molar-refractivity contribution in [1.82, 2.24) is 0 Å². The van der Waals surface area contributed by atoms with Crippen LogP contribution in [0.3, 0.4) is 0 Å². The van der Waals surface area contributed by atoms with Crippen molar-refractivity contribution in [2.75, 3.05) is 0 Å². The quantitative estimate of drug-likeness (QED) is 0.720. The van der Waals surface area contributed by atoms with Crippen LogP contribution in [-0.2, 0) is 4.74 Å². The van der Waals surface area contributed by atoms with E-state index in [1.165, 1.54) is 12.8 Å². The second-order valence-corrected chi connectivity index (χ2v) is 4.66. The van der Waals surface area contributed by atoms with Gasteiger partial charge in [0.15, 0.2) is 0 Å². The monoisotopic (exact) mass is 208 g/mol. The van der Waals surface area contributed by atoms with Crippen molar-refractivity contribution in [1.29, 1.82) is 10.8 Å². The zero-order valence-corrected chi connectivity index (χ0v) is 9.22. The van der Waals surface area contributed by atoms with Crippen LogP contribution in [0.15, 0.2) is 0 Å². The third kappa shape index (κ3) is 2.65. The molecule has 2 fully saturated rings. The summed E-state index contributed by atoms with van der Waals surface area (Å²) in [6, 6.07) is 0. The molecular weight excluding hydrogens is 188 g/mol. The summed E-state index contributed by atoms with van der Waals surface area (Å²) < 4.78 is 5.91. The lowest BCUT2D eigenvalue weighted by Crippen LogP contribution is -2.36. The maximum atomic E-state index is 7.83. The Hall–Kier alpha value is -0.700. The highest BCUT2D eigenvalue weighted by Gasteiger charge is 2.26. The van der Waals surface area contributed by atoms with Gasteiger partial charge < -0.3 is 15.6 Å². The highest BCUT2D eigenvalue weighted by Crippen LogP contribution is 2.24. The minimum Gasteiger partial charge on any atom is -0.363 e. The van der Waals surface area contributed by atoms with Crippen LogP contribution in [0.5, 0.6) is 0 Å². The van der Waals surface area contributed by atoms with Crippen LogP contribution in [0, 0.1) is 10.8 Å². The molecule has 0 aromatic heterocycles. The molecule has 2 saturated carbocycles. The summed E-state index contributed by atoms with van der Waals surface area (Å²) in [6.07, 6.45) is 8.42. The van der Waals surface area contributed by atoms with Crippen LogP contribution >= 0.6 is 0 Å². The summed E-state index contributed by atoms with van der Waals surface area (Å²) in [5, 5.41) is 15.7. The highest BCUT2D eigenvalue weighted by atomic mass is 16.5. The SMILES string of the molecule is N=C1CCCCC1OC1CCCCC1=N. The van der Waals surface area contributed by atoms with Gasteiger partial charge in [0.05, 0.1) is 12.2 Å². The summed E-state index contributed by atoms with van der Waals surface area (Å²) in [5.41, 5.74) is 1.50. The Morgan fingerprint density at radius 1 is 0.800 bits per heavy atom. The van der Waals surface area contributed by atoms with E-state index in [2.05, 4.69) is 0 Å². The molecule has 0 heterocycles. The summed E-state index contributed by atoms with van der Waals surface area (Å²) >= 11 is 0. The molecule has 2 aliphatic carbocycles. The van der Waals surface area contributed by atoms with Crippen LogP contribution in [0.25, 0.3) is 0 Å². The van der Waals surface area contributed by atoms with Gasteiger partial charge in [-0.05, 0) is 38.5 Å². The van der Waals surface area contributed by atoms with Crippen LogP contribution in [-0.4, -0.2) is 23.6 Å². The summed E-state index contributed by atoms with van der Waals surface area (Å²) in [6.45, 7) is 0. The highest BCUT2D eigenvalue weighted by molar-refractivity contribution is 5.89. The first-order valence-electron chi connectivity index (χ1n) is 6.07. The number of rotatable bonds is 2. The fraction of sp³-hybridized carbons (Fsp3) is 0.833. The third-order valence-electron chi connectivity index (χ3n) is 3.43. The molecule has 0 aliphatic heterocycles. The van der Waals surface area contributed by atoms with E-state index in [9.17, 15) is 0 Å². The molecule has 2 unspecified atom stereocenters. The first-order valence-corrected chi connectivity index (χ1v) is 6.07. The predicted molar refractivity (Wildman–Crippen MR) is 61.1 cm³/mol. The molecule has 0 aromatic carbocycles. The summed E-state index contributed by atoms with van der Waals surface area (Å²) in [7, 11) is 0. The van der Waals surface area contributed by atoms with Gasteiger partial charge in [-0.2, -0.15) is 0 Å². The normalized spacial score (nSPS) is 33.1. The molecule has 2 N–H and O–H groups in total. The number of hydrogen-bond acceptors (Lipinski definition) is 3. The van der Waals surface area contributed by atoms with Crippen molar-refractivity contribution in [3.63, 3.8) is 0 Å². The van der Waals surface area contributed by atoms with Crippen LogP contribution in [0.4, 0.5) is 0 Å². The van der Waals surface area contributed by atoms with Crippen LogP contribution in [0.2, 0.25) is 0 Å². The largest absolute Gasteiger partial charge is 0.363 e. The van der Waals surface area contributed by atoms with E-state index in [-0.39, 0.29) is 12.2 Å².